The number of rotatable bonds is 6. The highest BCUT2D eigenvalue weighted by Crippen LogP contribution is 2.22. The predicted octanol–water partition coefficient (Wildman–Crippen LogP) is 2.83. The monoisotopic (exact) mass is 304 g/mol. The Hall–Kier alpha value is -1.72. The smallest absolute Gasteiger partial charge is 0.244 e. The standard InChI is InChI=1S/C16H20N2O2S/c1-11(2)13(19)9-10-17-15(20)7-8-16-18-12-5-3-4-6-14(12)21-16/h3-8,11,13,19H,9-10H2,1-2H3,(H,17,20). The van der Waals surface area contributed by atoms with Crippen molar-refractivity contribution in [2.45, 2.75) is 26.4 Å². The maximum absolute atomic E-state index is 11.7. The number of aliphatic hydroxyl groups excluding tert-OH is 1. The third-order valence-corrected chi connectivity index (χ3v) is 4.20. The van der Waals surface area contributed by atoms with Crippen molar-refractivity contribution < 1.29 is 9.90 Å². The van der Waals surface area contributed by atoms with E-state index in [1.54, 1.807) is 17.4 Å². The summed E-state index contributed by atoms with van der Waals surface area (Å²) in [5.74, 6) is 0.0467. The molecule has 2 N–H and O–H groups in total. The second-order valence-corrected chi connectivity index (χ2v) is 6.31. The number of nitrogens with one attached hydrogen (secondary N) is 1. The fourth-order valence-corrected chi connectivity index (χ4v) is 2.71. The van der Waals surface area contributed by atoms with Gasteiger partial charge in [0, 0.05) is 12.6 Å². The number of nitrogens with zero attached hydrogens (tertiary/aromatic N) is 1. The van der Waals surface area contributed by atoms with Crippen LogP contribution in [0.5, 0.6) is 0 Å². The van der Waals surface area contributed by atoms with Crippen molar-refractivity contribution in [3.8, 4) is 0 Å². The highest BCUT2D eigenvalue weighted by molar-refractivity contribution is 7.19. The van der Waals surface area contributed by atoms with Crippen LogP contribution in [0.4, 0.5) is 0 Å². The minimum atomic E-state index is -0.376. The van der Waals surface area contributed by atoms with Gasteiger partial charge in [0.05, 0.1) is 16.3 Å². The van der Waals surface area contributed by atoms with Crippen LogP contribution >= 0.6 is 11.3 Å². The Balaban J connectivity index is 1.84. The molecule has 0 aliphatic rings. The van der Waals surface area contributed by atoms with Gasteiger partial charge in [-0.25, -0.2) is 4.98 Å². The lowest BCUT2D eigenvalue weighted by atomic mass is 10.0. The molecule has 21 heavy (non-hydrogen) atoms. The Morgan fingerprint density at radius 3 is 2.90 bits per heavy atom. The summed E-state index contributed by atoms with van der Waals surface area (Å²) in [6.07, 6.45) is 3.40. The van der Waals surface area contributed by atoms with Crippen molar-refractivity contribution in [3.05, 3.63) is 35.3 Å². The van der Waals surface area contributed by atoms with Crippen molar-refractivity contribution in [1.29, 1.82) is 0 Å². The van der Waals surface area contributed by atoms with E-state index in [-0.39, 0.29) is 17.9 Å². The van der Waals surface area contributed by atoms with E-state index >= 15 is 0 Å². The van der Waals surface area contributed by atoms with Gasteiger partial charge in [0.25, 0.3) is 0 Å². The summed E-state index contributed by atoms with van der Waals surface area (Å²) in [6.45, 7) is 4.39. The number of hydrogen-bond donors (Lipinski definition) is 2. The van der Waals surface area contributed by atoms with E-state index in [9.17, 15) is 9.90 Å². The number of benzene rings is 1. The third kappa shape index (κ3) is 4.65. The molecule has 1 heterocycles. The number of aliphatic hydroxyl groups is 1. The minimum absolute atomic E-state index is 0.162. The molecule has 1 atom stereocenters. The molecule has 0 aliphatic heterocycles. The summed E-state index contributed by atoms with van der Waals surface area (Å²) in [6, 6.07) is 7.89. The fraction of sp³-hybridized carbons (Fsp3) is 0.375. The van der Waals surface area contributed by atoms with E-state index in [1.807, 2.05) is 38.1 Å². The SMILES string of the molecule is CC(C)C(O)CCNC(=O)C=Cc1nc2ccccc2s1. The van der Waals surface area contributed by atoms with Crippen molar-refractivity contribution in [2.75, 3.05) is 6.54 Å². The maximum Gasteiger partial charge on any atom is 0.244 e. The number of amides is 1. The molecule has 0 radical (unpaired) electrons. The Bertz CT molecular complexity index is 601. The summed E-state index contributed by atoms with van der Waals surface area (Å²) < 4.78 is 1.11. The van der Waals surface area contributed by atoms with Crippen LogP contribution in [0.25, 0.3) is 16.3 Å². The second kappa shape index (κ2) is 7.33. The third-order valence-electron chi connectivity index (χ3n) is 3.20. The zero-order chi connectivity index (χ0) is 15.2. The van der Waals surface area contributed by atoms with Gasteiger partial charge in [-0.3, -0.25) is 4.79 Å². The van der Waals surface area contributed by atoms with Gasteiger partial charge in [0.15, 0.2) is 0 Å². The van der Waals surface area contributed by atoms with Crippen molar-refractivity contribution in [3.63, 3.8) is 0 Å². The normalized spacial score (nSPS) is 13.1. The quantitative estimate of drug-likeness (QED) is 0.807. The molecule has 0 fully saturated rings. The minimum Gasteiger partial charge on any atom is -0.393 e. The van der Waals surface area contributed by atoms with Crippen molar-refractivity contribution in [1.82, 2.24) is 10.3 Å². The van der Waals surface area contributed by atoms with Gasteiger partial charge in [0.1, 0.15) is 5.01 Å². The number of para-hydroxylation sites is 1. The molecule has 0 bridgehead atoms. The lowest BCUT2D eigenvalue weighted by Crippen LogP contribution is -2.27. The summed E-state index contributed by atoms with van der Waals surface area (Å²) >= 11 is 1.55. The Morgan fingerprint density at radius 1 is 1.43 bits per heavy atom. The van der Waals surface area contributed by atoms with Gasteiger partial charge in [0.2, 0.25) is 5.91 Å². The Morgan fingerprint density at radius 2 is 2.19 bits per heavy atom. The topological polar surface area (TPSA) is 62.2 Å². The van der Waals surface area contributed by atoms with E-state index in [0.29, 0.717) is 13.0 Å². The second-order valence-electron chi connectivity index (χ2n) is 5.24. The molecule has 0 saturated carbocycles. The van der Waals surface area contributed by atoms with Crippen LogP contribution in [-0.4, -0.2) is 28.6 Å². The summed E-state index contributed by atoms with van der Waals surface area (Å²) in [5.41, 5.74) is 0.947. The largest absolute Gasteiger partial charge is 0.393 e. The number of aromatic nitrogens is 1. The highest BCUT2D eigenvalue weighted by Gasteiger charge is 2.08. The van der Waals surface area contributed by atoms with E-state index in [0.717, 1.165) is 15.2 Å². The maximum atomic E-state index is 11.7. The average Bonchev–Trinajstić information content (AvgIpc) is 2.87. The summed E-state index contributed by atoms with van der Waals surface area (Å²) in [7, 11) is 0. The molecule has 0 aliphatic carbocycles. The van der Waals surface area contributed by atoms with Crippen LogP contribution in [-0.2, 0) is 4.79 Å². The molecule has 0 saturated heterocycles. The molecule has 112 valence electrons. The molecular formula is C16H20N2O2S. The number of hydrogen-bond acceptors (Lipinski definition) is 4. The lowest BCUT2D eigenvalue weighted by Gasteiger charge is -2.13. The molecule has 2 aromatic rings. The molecule has 1 amide bonds. The fourth-order valence-electron chi connectivity index (χ4n) is 1.84. The van der Waals surface area contributed by atoms with Crippen LogP contribution in [0.3, 0.4) is 0 Å². The first-order valence-electron chi connectivity index (χ1n) is 7.06. The first-order valence-corrected chi connectivity index (χ1v) is 7.87. The molecule has 0 spiro atoms. The molecular weight excluding hydrogens is 284 g/mol. The van der Waals surface area contributed by atoms with E-state index < -0.39 is 0 Å². The van der Waals surface area contributed by atoms with Gasteiger partial charge >= 0.3 is 0 Å². The van der Waals surface area contributed by atoms with Gasteiger partial charge < -0.3 is 10.4 Å². The van der Waals surface area contributed by atoms with Crippen LogP contribution in [0.2, 0.25) is 0 Å². The molecule has 1 aromatic carbocycles. The van der Waals surface area contributed by atoms with E-state index in [1.165, 1.54) is 6.08 Å². The molecule has 4 nitrogen and oxygen atoms in total. The van der Waals surface area contributed by atoms with Gasteiger partial charge in [-0.1, -0.05) is 26.0 Å². The van der Waals surface area contributed by atoms with E-state index in [2.05, 4.69) is 10.3 Å². The van der Waals surface area contributed by atoms with Gasteiger partial charge in [-0.2, -0.15) is 0 Å². The number of carbonyl (C=O) groups is 1. The van der Waals surface area contributed by atoms with Crippen LogP contribution in [0, 0.1) is 5.92 Å². The van der Waals surface area contributed by atoms with Crippen LogP contribution < -0.4 is 5.32 Å². The zero-order valence-corrected chi connectivity index (χ0v) is 13.1. The Labute approximate surface area is 128 Å². The molecule has 1 unspecified atom stereocenters. The number of thiazole rings is 1. The first-order chi connectivity index (χ1) is 10.1. The lowest BCUT2D eigenvalue weighted by molar-refractivity contribution is -0.116. The van der Waals surface area contributed by atoms with Crippen LogP contribution in [0.15, 0.2) is 30.3 Å². The number of fused-ring (bicyclic) bond motifs is 1. The van der Waals surface area contributed by atoms with Gasteiger partial charge in [-0.05, 0) is 30.5 Å². The first kappa shape index (κ1) is 15.7. The van der Waals surface area contributed by atoms with Crippen molar-refractivity contribution >= 4 is 33.5 Å². The van der Waals surface area contributed by atoms with E-state index in [4.69, 9.17) is 0 Å². The Kier molecular flexibility index (Phi) is 5.47. The van der Waals surface area contributed by atoms with Crippen LogP contribution in [0.1, 0.15) is 25.3 Å². The van der Waals surface area contributed by atoms with Gasteiger partial charge in [-0.15, -0.1) is 11.3 Å². The average molecular weight is 304 g/mol. The molecule has 5 heteroatoms. The number of carbonyl (C=O) groups excluding carboxylic acids is 1. The summed E-state index contributed by atoms with van der Waals surface area (Å²) in [5, 5.41) is 13.2. The molecule has 1 aromatic heterocycles. The van der Waals surface area contributed by atoms with Crippen molar-refractivity contribution in [2.24, 2.45) is 5.92 Å². The zero-order valence-electron chi connectivity index (χ0n) is 12.2. The summed E-state index contributed by atoms with van der Waals surface area (Å²) in [4.78, 5) is 16.1. The highest BCUT2D eigenvalue weighted by atomic mass is 32.1. The molecule has 2 rings (SSSR count). The predicted molar refractivity (Wildman–Crippen MR) is 87.1 cm³/mol.